The predicted octanol–water partition coefficient (Wildman–Crippen LogP) is 0.437. The number of nitrogens with one attached hydrogen (secondary N) is 1. The summed E-state index contributed by atoms with van der Waals surface area (Å²) in [6.07, 6.45) is 1.29. The molecule has 74 valence electrons. The quantitative estimate of drug-likeness (QED) is 0.535. The Hall–Kier alpha value is -0.770. The van der Waals surface area contributed by atoms with E-state index in [1.807, 2.05) is 0 Å². The normalized spacial score (nSPS) is 17.7. The van der Waals surface area contributed by atoms with Gasteiger partial charge in [-0.1, -0.05) is 0 Å². The van der Waals surface area contributed by atoms with E-state index in [1.54, 1.807) is 6.92 Å². The summed E-state index contributed by atoms with van der Waals surface area (Å²) in [5.41, 5.74) is -0.762. The molecule has 1 aliphatic rings. The Balaban J connectivity index is 2.47. The second-order valence-electron chi connectivity index (χ2n) is 2.98. The van der Waals surface area contributed by atoms with Gasteiger partial charge in [0.2, 0.25) is 5.91 Å². The van der Waals surface area contributed by atoms with Crippen molar-refractivity contribution < 1.29 is 14.3 Å². The van der Waals surface area contributed by atoms with Crippen molar-refractivity contribution in [2.45, 2.75) is 25.3 Å². The molecular formula is C8H12ClNO3. The molecule has 1 amide bonds. The van der Waals surface area contributed by atoms with Gasteiger partial charge in [0.25, 0.3) is 0 Å². The van der Waals surface area contributed by atoms with Crippen LogP contribution < -0.4 is 5.32 Å². The molecule has 1 aliphatic carbocycles. The van der Waals surface area contributed by atoms with E-state index >= 15 is 0 Å². The van der Waals surface area contributed by atoms with E-state index < -0.39 is 5.54 Å². The number of hydrogen-bond donors (Lipinski definition) is 1. The Kier molecular flexibility index (Phi) is 3.14. The Morgan fingerprint density at radius 1 is 1.54 bits per heavy atom. The predicted molar refractivity (Wildman–Crippen MR) is 47.5 cm³/mol. The number of hydrogen-bond acceptors (Lipinski definition) is 3. The first-order valence-electron chi connectivity index (χ1n) is 4.19. The lowest BCUT2D eigenvalue weighted by Crippen LogP contribution is -2.44. The van der Waals surface area contributed by atoms with Crippen LogP contribution in [0.5, 0.6) is 0 Å². The van der Waals surface area contributed by atoms with Crippen LogP contribution >= 0.6 is 11.6 Å². The lowest BCUT2D eigenvalue weighted by atomic mass is 10.3. The lowest BCUT2D eigenvalue weighted by Gasteiger charge is -2.14. The van der Waals surface area contributed by atoms with Gasteiger partial charge < -0.3 is 10.1 Å². The molecule has 4 nitrogen and oxygen atoms in total. The van der Waals surface area contributed by atoms with Crippen LogP contribution in [-0.2, 0) is 14.3 Å². The van der Waals surface area contributed by atoms with Crippen molar-refractivity contribution in [3.8, 4) is 0 Å². The Labute approximate surface area is 81.6 Å². The van der Waals surface area contributed by atoms with E-state index in [9.17, 15) is 9.59 Å². The first kappa shape index (κ1) is 10.3. The van der Waals surface area contributed by atoms with Crippen molar-refractivity contribution in [2.75, 3.05) is 12.5 Å². The minimum Gasteiger partial charge on any atom is -0.464 e. The maximum absolute atomic E-state index is 11.3. The summed E-state index contributed by atoms with van der Waals surface area (Å²) in [5, 5.41) is 2.56. The molecule has 0 aliphatic heterocycles. The molecule has 1 rings (SSSR count). The van der Waals surface area contributed by atoms with Gasteiger partial charge in [-0.2, -0.15) is 0 Å². The van der Waals surface area contributed by atoms with E-state index in [0.29, 0.717) is 19.4 Å². The monoisotopic (exact) mass is 205 g/mol. The van der Waals surface area contributed by atoms with Crippen molar-refractivity contribution in [1.29, 1.82) is 0 Å². The minimum atomic E-state index is -0.762. The van der Waals surface area contributed by atoms with Gasteiger partial charge >= 0.3 is 5.97 Å². The molecule has 13 heavy (non-hydrogen) atoms. The van der Waals surface area contributed by atoms with Crippen LogP contribution in [0.4, 0.5) is 0 Å². The van der Waals surface area contributed by atoms with Gasteiger partial charge in [0.05, 0.1) is 6.61 Å². The molecule has 0 unspecified atom stereocenters. The van der Waals surface area contributed by atoms with Crippen molar-refractivity contribution in [1.82, 2.24) is 5.32 Å². The highest BCUT2D eigenvalue weighted by molar-refractivity contribution is 6.27. The zero-order valence-corrected chi connectivity index (χ0v) is 8.19. The van der Waals surface area contributed by atoms with Crippen molar-refractivity contribution in [2.24, 2.45) is 0 Å². The van der Waals surface area contributed by atoms with Gasteiger partial charge in [0.1, 0.15) is 11.4 Å². The van der Waals surface area contributed by atoms with Gasteiger partial charge in [0, 0.05) is 0 Å². The third kappa shape index (κ3) is 2.34. The number of rotatable bonds is 4. The average molecular weight is 206 g/mol. The first-order chi connectivity index (χ1) is 6.14. The molecule has 0 aromatic carbocycles. The lowest BCUT2D eigenvalue weighted by molar-refractivity contribution is -0.148. The highest BCUT2D eigenvalue weighted by Crippen LogP contribution is 2.36. The van der Waals surface area contributed by atoms with E-state index in [2.05, 4.69) is 5.32 Å². The SMILES string of the molecule is CCOC(=O)C1(NC(=O)CCl)CC1. The fraction of sp³-hybridized carbons (Fsp3) is 0.750. The minimum absolute atomic E-state index is 0.124. The standard InChI is InChI=1S/C8H12ClNO3/c1-2-13-7(12)8(3-4-8)10-6(11)5-9/h2-5H2,1H3,(H,10,11). The third-order valence-electron chi connectivity index (χ3n) is 1.92. The summed E-state index contributed by atoms with van der Waals surface area (Å²) in [5.74, 6) is -0.804. The van der Waals surface area contributed by atoms with Gasteiger partial charge in [-0.15, -0.1) is 11.6 Å². The first-order valence-corrected chi connectivity index (χ1v) is 4.72. The second kappa shape index (κ2) is 3.96. The number of carbonyl (C=O) groups is 2. The number of ether oxygens (including phenoxy) is 1. The van der Waals surface area contributed by atoms with Crippen molar-refractivity contribution >= 4 is 23.5 Å². The summed E-state index contributed by atoms with van der Waals surface area (Å²) >= 11 is 5.30. The summed E-state index contributed by atoms with van der Waals surface area (Å²) in [6, 6.07) is 0. The molecule has 1 saturated carbocycles. The smallest absolute Gasteiger partial charge is 0.331 e. The molecule has 1 N–H and O–H groups in total. The zero-order chi connectivity index (χ0) is 9.90. The molecule has 0 aromatic heterocycles. The maximum atomic E-state index is 11.3. The van der Waals surface area contributed by atoms with E-state index in [1.165, 1.54) is 0 Å². The number of alkyl halides is 1. The molecule has 0 bridgehead atoms. The van der Waals surface area contributed by atoms with E-state index in [-0.39, 0.29) is 17.8 Å². The van der Waals surface area contributed by atoms with Crippen LogP contribution in [0.1, 0.15) is 19.8 Å². The van der Waals surface area contributed by atoms with Crippen LogP contribution in [-0.4, -0.2) is 29.9 Å². The van der Waals surface area contributed by atoms with Crippen LogP contribution in [0.2, 0.25) is 0 Å². The molecule has 5 heteroatoms. The molecule has 1 fully saturated rings. The Bertz CT molecular complexity index is 225. The molecule has 0 radical (unpaired) electrons. The molecule has 0 aromatic rings. The molecule has 0 heterocycles. The summed E-state index contributed by atoms with van der Waals surface area (Å²) < 4.78 is 4.82. The third-order valence-corrected chi connectivity index (χ3v) is 2.16. The van der Waals surface area contributed by atoms with Gasteiger partial charge in [-0.25, -0.2) is 4.79 Å². The number of esters is 1. The average Bonchev–Trinajstić information content (AvgIpc) is 2.86. The number of amides is 1. The summed E-state index contributed by atoms with van der Waals surface area (Å²) in [6.45, 7) is 2.06. The van der Waals surface area contributed by atoms with Gasteiger partial charge in [-0.05, 0) is 19.8 Å². The zero-order valence-electron chi connectivity index (χ0n) is 7.43. The number of carbonyl (C=O) groups excluding carboxylic acids is 2. The van der Waals surface area contributed by atoms with E-state index in [0.717, 1.165) is 0 Å². The van der Waals surface area contributed by atoms with Gasteiger partial charge in [0.15, 0.2) is 0 Å². The Morgan fingerprint density at radius 3 is 2.54 bits per heavy atom. The number of halogens is 1. The topological polar surface area (TPSA) is 55.4 Å². The van der Waals surface area contributed by atoms with Crippen molar-refractivity contribution in [3.63, 3.8) is 0 Å². The molecular weight excluding hydrogens is 194 g/mol. The molecule has 0 atom stereocenters. The molecule has 0 saturated heterocycles. The van der Waals surface area contributed by atoms with Crippen LogP contribution in [0.15, 0.2) is 0 Å². The highest BCUT2D eigenvalue weighted by atomic mass is 35.5. The fourth-order valence-corrected chi connectivity index (χ4v) is 1.14. The maximum Gasteiger partial charge on any atom is 0.331 e. The van der Waals surface area contributed by atoms with Gasteiger partial charge in [-0.3, -0.25) is 4.79 Å². The van der Waals surface area contributed by atoms with Crippen LogP contribution in [0.25, 0.3) is 0 Å². The van der Waals surface area contributed by atoms with Crippen molar-refractivity contribution in [3.05, 3.63) is 0 Å². The highest BCUT2D eigenvalue weighted by Gasteiger charge is 2.52. The second-order valence-corrected chi connectivity index (χ2v) is 3.25. The summed E-state index contributed by atoms with van der Waals surface area (Å²) in [7, 11) is 0. The molecule has 0 spiro atoms. The fourth-order valence-electron chi connectivity index (χ4n) is 1.07. The van der Waals surface area contributed by atoms with Crippen LogP contribution in [0.3, 0.4) is 0 Å². The van der Waals surface area contributed by atoms with E-state index in [4.69, 9.17) is 16.3 Å². The summed E-state index contributed by atoms with van der Waals surface area (Å²) in [4.78, 5) is 22.2. The van der Waals surface area contributed by atoms with Crippen LogP contribution in [0, 0.1) is 0 Å². The Morgan fingerprint density at radius 2 is 2.15 bits per heavy atom. The largest absolute Gasteiger partial charge is 0.464 e.